The molecule has 0 bridgehead atoms. The Morgan fingerprint density at radius 2 is 2.00 bits per heavy atom. The van der Waals surface area contributed by atoms with Crippen molar-refractivity contribution < 1.29 is 23.6 Å². The van der Waals surface area contributed by atoms with Crippen molar-refractivity contribution in [1.29, 1.82) is 0 Å². The second-order valence-corrected chi connectivity index (χ2v) is 10.1. The molecule has 3 heterocycles. The first-order chi connectivity index (χ1) is 17.1. The number of thiophene rings is 1. The van der Waals surface area contributed by atoms with E-state index in [9.17, 15) is 19.7 Å². The minimum atomic E-state index is -0.572. The van der Waals surface area contributed by atoms with Gasteiger partial charge in [0, 0.05) is 58.6 Å². The van der Waals surface area contributed by atoms with Crippen LogP contribution in [-0.2, 0) is 16.1 Å². The third kappa shape index (κ3) is 5.68. The Morgan fingerprint density at radius 3 is 2.58 bits per heavy atom. The van der Waals surface area contributed by atoms with Crippen molar-refractivity contribution in [2.75, 3.05) is 68.1 Å². The topological polar surface area (TPSA) is 112 Å². The summed E-state index contributed by atoms with van der Waals surface area (Å²) < 4.78 is 20.3. The molecule has 0 spiro atoms. The first-order valence-corrected chi connectivity index (χ1v) is 12.4. The van der Waals surface area contributed by atoms with Gasteiger partial charge in [0.1, 0.15) is 17.6 Å². The van der Waals surface area contributed by atoms with Gasteiger partial charge in [-0.3, -0.25) is 24.7 Å². The summed E-state index contributed by atoms with van der Waals surface area (Å²) in [5.74, 6) is -0.640. The van der Waals surface area contributed by atoms with Gasteiger partial charge < -0.3 is 19.9 Å². The van der Waals surface area contributed by atoms with E-state index in [1.165, 1.54) is 29.2 Å². The van der Waals surface area contributed by atoms with E-state index in [1.807, 2.05) is 11.0 Å². The van der Waals surface area contributed by atoms with E-state index in [-0.39, 0.29) is 28.9 Å². The molecule has 1 N–H and O–H groups in total. The van der Waals surface area contributed by atoms with Crippen molar-refractivity contribution >= 4 is 45.4 Å². The Labute approximate surface area is 212 Å². The minimum absolute atomic E-state index is 0.138. The molecule has 0 saturated carbocycles. The number of nitrogens with zero attached hydrogens (tertiary/aromatic N) is 5. The normalized spacial score (nSPS) is 18.3. The maximum absolute atomic E-state index is 15.1. The molecule has 4 rings (SSSR count). The lowest BCUT2D eigenvalue weighted by atomic mass is 10.2. The van der Waals surface area contributed by atoms with Gasteiger partial charge in [-0.25, -0.2) is 9.18 Å². The fourth-order valence-electron chi connectivity index (χ4n) is 4.33. The molecule has 0 unspecified atom stereocenters. The zero-order chi connectivity index (χ0) is 26.0. The maximum atomic E-state index is 15.1. The van der Waals surface area contributed by atoms with Crippen LogP contribution in [-0.4, -0.2) is 81.3 Å². The van der Waals surface area contributed by atoms with Crippen LogP contribution in [0.3, 0.4) is 0 Å². The molecular weight excluding hydrogens is 491 g/mol. The molecule has 2 aliphatic heterocycles. The van der Waals surface area contributed by atoms with E-state index in [0.29, 0.717) is 49.8 Å². The smallest absolute Gasteiger partial charge is 0.414 e. The Kier molecular flexibility index (Phi) is 7.59. The van der Waals surface area contributed by atoms with Crippen molar-refractivity contribution in [2.24, 2.45) is 0 Å². The summed E-state index contributed by atoms with van der Waals surface area (Å²) in [6.45, 7) is 5.01. The summed E-state index contributed by atoms with van der Waals surface area (Å²) in [5, 5.41) is 14.1. The Bertz CT molecular complexity index is 1150. The molecule has 13 heteroatoms. The van der Waals surface area contributed by atoms with Gasteiger partial charge in [-0.1, -0.05) is 11.3 Å². The summed E-state index contributed by atoms with van der Waals surface area (Å²) in [6.07, 6.45) is -1.06. The largest absolute Gasteiger partial charge is 0.442 e. The van der Waals surface area contributed by atoms with Crippen LogP contribution >= 0.6 is 11.3 Å². The van der Waals surface area contributed by atoms with Gasteiger partial charge in [0.15, 0.2) is 0 Å². The van der Waals surface area contributed by atoms with Crippen LogP contribution in [0, 0.1) is 15.9 Å². The Morgan fingerprint density at radius 1 is 1.28 bits per heavy atom. The molecule has 2 aliphatic rings. The molecule has 11 nitrogen and oxygen atoms in total. The van der Waals surface area contributed by atoms with Gasteiger partial charge >= 0.3 is 11.1 Å². The van der Waals surface area contributed by atoms with Crippen LogP contribution < -0.4 is 20.0 Å². The zero-order valence-electron chi connectivity index (χ0n) is 20.4. The highest BCUT2D eigenvalue weighted by Crippen LogP contribution is 2.37. The molecule has 2 fully saturated rings. The van der Waals surface area contributed by atoms with Gasteiger partial charge in [0.05, 0.1) is 29.4 Å². The van der Waals surface area contributed by atoms with E-state index >= 15 is 4.39 Å². The fraction of sp³-hybridized carbons (Fsp3) is 0.478. The molecule has 2 amide bonds. The van der Waals surface area contributed by atoms with E-state index in [0.717, 1.165) is 4.88 Å². The van der Waals surface area contributed by atoms with Crippen molar-refractivity contribution in [3.63, 3.8) is 0 Å². The minimum Gasteiger partial charge on any atom is -0.442 e. The number of piperazine rings is 1. The summed E-state index contributed by atoms with van der Waals surface area (Å²) in [7, 11) is 3.57. The zero-order valence-corrected chi connectivity index (χ0v) is 21.2. The van der Waals surface area contributed by atoms with Crippen LogP contribution in [0.25, 0.3) is 0 Å². The summed E-state index contributed by atoms with van der Waals surface area (Å²) in [6, 6.07) is 6.55. The average Bonchev–Trinajstić information content (AvgIpc) is 3.42. The molecule has 2 aromatic rings. The average molecular weight is 521 g/mol. The van der Waals surface area contributed by atoms with E-state index in [2.05, 4.69) is 10.2 Å². The van der Waals surface area contributed by atoms with Gasteiger partial charge in [0.2, 0.25) is 5.91 Å². The number of benzene rings is 1. The van der Waals surface area contributed by atoms with Crippen LogP contribution in [0.15, 0.2) is 24.3 Å². The molecule has 1 atom stereocenters. The van der Waals surface area contributed by atoms with Crippen molar-refractivity contribution in [1.82, 2.24) is 10.2 Å². The number of anilines is 3. The molecule has 194 valence electrons. The highest BCUT2D eigenvalue weighted by atomic mass is 32.1. The van der Waals surface area contributed by atoms with Crippen LogP contribution in [0.2, 0.25) is 0 Å². The van der Waals surface area contributed by atoms with E-state index in [1.54, 1.807) is 31.1 Å². The van der Waals surface area contributed by atoms with Crippen molar-refractivity contribution in [3.8, 4) is 0 Å². The predicted molar refractivity (Wildman–Crippen MR) is 135 cm³/mol. The number of halogens is 1. The number of nitro groups is 1. The van der Waals surface area contributed by atoms with E-state index in [4.69, 9.17) is 4.74 Å². The predicted octanol–water partition coefficient (Wildman–Crippen LogP) is 2.64. The summed E-state index contributed by atoms with van der Waals surface area (Å²) in [5.41, 5.74) is 1.47. The monoisotopic (exact) mass is 520 g/mol. The molecular formula is C23H29FN6O5S. The lowest BCUT2D eigenvalue weighted by Gasteiger charge is -2.36. The SMILES string of the molecule is CC(=O)NC[C@H]1CN(c2ccc(N3CCN(Cc4cc(N(C)C)c([N+](=O)[O-])s4)CC3)c(F)c2)C(=O)O1. The Hall–Kier alpha value is -3.45. The maximum Gasteiger partial charge on any atom is 0.414 e. The van der Waals surface area contributed by atoms with Gasteiger partial charge in [-0.05, 0) is 24.3 Å². The molecule has 1 aromatic carbocycles. The van der Waals surface area contributed by atoms with Crippen molar-refractivity contribution in [3.05, 3.63) is 45.1 Å². The van der Waals surface area contributed by atoms with Gasteiger partial charge in [-0.2, -0.15) is 0 Å². The first-order valence-electron chi connectivity index (χ1n) is 11.6. The lowest BCUT2D eigenvalue weighted by Crippen LogP contribution is -2.46. The van der Waals surface area contributed by atoms with Crippen molar-refractivity contribution in [2.45, 2.75) is 19.6 Å². The third-order valence-corrected chi connectivity index (χ3v) is 7.24. The standard InChI is InChI=1S/C23H29FN6O5S/c1-15(31)25-12-17-13-29(23(32)35-17)16-4-5-20(19(24)10-16)28-8-6-27(7-9-28)14-18-11-21(26(2)3)22(36-18)30(33)34/h4-5,10-11,17H,6-9,12-14H2,1-3H3,(H,25,31)/t17-/m0/s1. The number of nitrogens with one attached hydrogen (secondary N) is 1. The van der Waals surface area contributed by atoms with Crippen LogP contribution in [0.1, 0.15) is 11.8 Å². The molecule has 2 saturated heterocycles. The summed E-state index contributed by atoms with van der Waals surface area (Å²) >= 11 is 1.19. The highest BCUT2D eigenvalue weighted by molar-refractivity contribution is 7.16. The highest BCUT2D eigenvalue weighted by Gasteiger charge is 2.33. The quantitative estimate of drug-likeness (QED) is 0.418. The summed E-state index contributed by atoms with van der Waals surface area (Å²) in [4.78, 5) is 42.5. The molecule has 0 aliphatic carbocycles. The molecule has 36 heavy (non-hydrogen) atoms. The third-order valence-electron chi connectivity index (χ3n) is 6.18. The number of cyclic esters (lactones) is 1. The van der Waals surface area contributed by atoms with Crippen LogP contribution in [0.4, 0.5) is 31.2 Å². The molecule has 0 radical (unpaired) electrons. The number of rotatable bonds is 8. The van der Waals surface area contributed by atoms with Gasteiger partial charge in [-0.15, -0.1) is 0 Å². The Balaban J connectivity index is 1.35. The first kappa shape index (κ1) is 25.6. The second kappa shape index (κ2) is 10.7. The fourth-order valence-corrected chi connectivity index (χ4v) is 5.42. The second-order valence-electron chi connectivity index (χ2n) is 9.01. The lowest BCUT2D eigenvalue weighted by molar-refractivity contribution is -0.379. The van der Waals surface area contributed by atoms with E-state index < -0.39 is 18.0 Å². The number of carbonyl (C=O) groups excluding carboxylic acids is 2. The number of hydrogen-bond acceptors (Lipinski definition) is 9. The number of carbonyl (C=O) groups is 2. The number of amides is 2. The number of hydrogen-bond donors (Lipinski definition) is 1. The number of ether oxygens (including phenoxy) is 1. The van der Waals surface area contributed by atoms with Gasteiger partial charge in [0.25, 0.3) is 0 Å². The van der Waals surface area contributed by atoms with Crippen LogP contribution in [0.5, 0.6) is 0 Å². The molecule has 1 aromatic heterocycles.